The highest BCUT2D eigenvalue weighted by molar-refractivity contribution is 7.22. The van der Waals surface area contributed by atoms with Crippen molar-refractivity contribution in [3.8, 4) is 27.7 Å². The molecule has 1 aromatic heterocycles. The van der Waals surface area contributed by atoms with E-state index in [0.29, 0.717) is 17.5 Å². The summed E-state index contributed by atoms with van der Waals surface area (Å²) in [7, 11) is 0. The highest BCUT2D eigenvalue weighted by Gasteiger charge is 2.28. The van der Waals surface area contributed by atoms with Crippen molar-refractivity contribution in [3.05, 3.63) is 77.9 Å². The van der Waals surface area contributed by atoms with Gasteiger partial charge in [0.25, 0.3) is 0 Å². The number of carbonyl (C=O) groups excluding carboxylic acids is 2. The van der Waals surface area contributed by atoms with Gasteiger partial charge in [-0.25, -0.2) is 0 Å². The highest BCUT2D eigenvalue weighted by atomic mass is 32.1. The maximum Gasteiger partial charge on any atom is 0.222 e. The summed E-state index contributed by atoms with van der Waals surface area (Å²) >= 11 is 1.44. The minimum Gasteiger partial charge on any atom is -0.508 e. The third-order valence-electron chi connectivity index (χ3n) is 7.95. The first-order valence-electron chi connectivity index (χ1n) is 14.3. The van der Waals surface area contributed by atoms with Crippen LogP contribution in [-0.2, 0) is 4.79 Å². The summed E-state index contributed by atoms with van der Waals surface area (Å²) in [6.45, 7) is 4.40. The Morgan fingerprint density at radius 1 is 0.878 bits per heavy atom. The number of fused-ring (bicyclic) bond motifs is 1. The van der Waals surface area contributed by atoms with E-state index >= 15 is 0 Å². The van der Waals surface area contributed by atoms with Crippen molar-refractivity contribution >= 4 is 33.1 Å². The average Bonchev–Trinajstić information content (AvgIpc) is 3.35. The number of phenolic OH excluding ortho intramolecular Hbond substituents is 2. The van der Waals surface area contributed by atoms with E-state index in [4.69, 9.17) is 4.74 Å². The number of piperidine rings is 1. The molecule has 2 N–H and O–H groups in total. The van der Waals surface area contributed by atoms with Gasteiger partial charge in [-0.15, -0.1) is 11.3 Å². The number of likely N-dealkylation sites (tertiary alicyclic amines) is 2. The number of nitrogens with zero attached hydrogens (tertiary/aromatic N) is 2. The normalized spacial score (nSPS) is 16.0. The van der Waals surface area contributed by atoms with E-state index in [2.05, 4.69) is 4.90 Å². The second kappa shape index (κ2) is 11.9. The zero-order valence-corrected chi connectivity index (χ0v) is 23.7. The lowest BCUT2D eigenvalue weighted by Crippen LogP contribution is -2.53. The Labute approximate surface area is 243 Å². The molecule has 0 spiro atoms. The molecule has 212 valence electrons. The standard InChI is InChI=1S/C33H34N2O5S/c36-24-10-6-23(7-11-24)33-31(28-15-12-25(37)19-29(28)41-33)32(39)22-8-13-26(14-9-22)40-27-20-34(21-27)16-4-5-30(38)35-17-2-1-3-18-35/h6-15,19,27,36-37H,1-5,16-18,20-21H2. The van der Waals surface area contributed by atoms with Crippen LogP contribution in [0.2, 0.25) is 0 Å². The lowest BCUT2D eigenvalue weighted by molar-refractivity contribution is -0.132. The molecule has 8 heteroatoms. The summed E-state index contributed by atoms with van der Waals surface area (Å²) in [5.74, 6) is 1.22. The Balaban J connectivity index is 1.07. The molecule has 0 atom stereocenters. The van der Waals surface area contributed by atoms with E-state index in [0.717, 1.165) is 78.3 Å². The smallest absolute Gasteiger partial charge is 0.222 e. The first-order chi connectivity index (χ1) is 19.9. The minimum absolute atomic E-state index is 0.101. The number of ether oxygens (including phenoxy) is 1. The number of phenols is 2. The first kappa shape index (κ1) is 27.3. The predicted octanol–water partition coefficient (Wildman–Crippen LogP) is 6.07. The van der Waals surface area contributed by atoms with Crippen LogP contribution < -0.4 is 4.74 Å². The molecule has 41 heavy (non-hydrogen) atoms. The molecule has 2 saturated heterocycles. The topological polar surface area (TPSA) is 90.3 Å². The van der Waals surface area contributed by atoms with Crippen LogP contribution in [0.25, 0.3) is 20.5 Å². The van der Waals surface area contributed by atoms with Crippen molar-refractivity contribution in [3.63, 3.8) is 0 Å². The van der Waals surface area contributed by atoms with E-state index in [1.54, 1.807) is 54.6 Å². The molecule has 2 aliphatic rings. The number of ketones is 1. The molecule has 1 amide bonds. The van der Waals surface area contributed by atoms with Crippen molar-refractivity contribution < 1.29 is 24.5 Å². The van der Waals surface area contributed by atoms with Gasteiger partial charge in [0.15, 0.2) is 5.78 Å². The Morgan fingerprint density at radius 3 is 2.32 bits per heavy atom. The molecule has 4 aromatic rings. The molecule has 0 unspecified atom stereocenters. The van der Waals surface area contributed by atoms with Crippen LogP contribution in [0.4, 0.5) is 0 Å². The molecule has 0 saturated carbocycles. The van der Waals surface area contributed by atoms with E-state index in [-0.39, 0.29) is 29.3 Å². The summed E-state index contributed by atoms with van der Waals surface area (Å²) in [6, 6.07) is 19.1. The van der Waals surface area contributed by atoms with E-state index in [1.165, 1.54) is 17.8 Å². The molecular weight excluding hydrogens is 536 g/mol. The number of aromatic hydroxyl groups is 2. The lowest BCUT2D eigenvalue weighted by Gasteiger charge is -2.39. The summed E-state index contributed by atoms with van der Waals surface area (Å²) in [5, 5.41) is 20.5. The second-order valence-electron chi connectivity index (χ2n) is 10.9. The Hall–Kier alpha value is -3.88. The van der Waals surface area contributed by atoms with Crippen molar-refractivity contribution in [1.29, 1.82) is 0 Å². The highest BCUT2D eigenvalue weighted by Crippen LogP contribution is 2.41. The van der Waals surface area contributed by atoms with Crippen LogP contribution in [0.3, 0.4) is 0 Å². The Kier molecular flexibility index (Phi) is 7.94. The van der Waals surface area contributed by atoms with Crippen LogP contribution in [-0.4, -0.2) is 70.5 Å². The fourth-order valence-electron chi connectivity index (χ4n) is 5.68. The molecular formula is C33H34N2O5S. The van der Waals surface area contributed by atoms with Gasteiger partial charge in [0.05, 0.1) is 0 Å². The number of carbonyl (C=O) groups is 2. The number of thiophene rings is 1. The predicted molar refractivity (Wildman–Crippen MR) is 161 cm³/mol. The largest absolute Gasteiger partial charge is 0.508 e. The van der Waals surface area contributed by atoms with Crippen LogP contribution in [0.15, 0.2) is 66.7 Å². The van der Waals surface area contributed by atoms with Gasteiger partial charge >= 0.3 is 0 Å². The molecule has 0 radical (unpaired) electrons. The number of hydrogen-bond acceptors (Lipinski definition) is 7. The van der Waals surface area contributed by atoms with Gasteiger partial charge in [0, 0.05) is 58.7 Å². The summed E-state index contributed by atoms with van der Waals surface area (Å²) in [6.07, 6.45) is 5.09. The quantitative estimate of drug-likeness (QED) is 0.238. The first-order valence-corrected chi connectivity index (χ1v) is 15.1. The Morgan fingerprint density at radius 2 is 1.59 bits per heavy atom. The molecule has 2 fully saturated rings. The number of hydrogen-bond donors (Lipinski definition) is 2. The molecule has 0 aliphatic carbocycles. The molecule has 0 bridgehead atoms. The minimum atomic E-state index is -0.106. The van der Waals surface area contributed by atoms with Crippen molar-refractivity contribution in [1.82, 2.24) is 9.80 Å². The molecule has 7 nitrogen and oxygen atoms in total. The third kappa shape index (κ3) is 6.09. The lowest BCUT2D eigenvalue weighted by atomic mass is 9.97. The fourth-order valence-corrected chi connectivity index (χ4v) is 6.92. The van der Waals surface area contributed by atoms with Crippen LogP contribution in [0, 0.1) is 0 Å². The molecule has 3 aromatic carbocycles. The SMILES string of the molecule is O=C(c1ccc(OC2CN(CCCC(=O)N3CCCCC3)C2)cc1)c1c(-c2ccc(O)cc2)sc2cc(O)ccc12. The van der Waals surface area contributed by atoms with Crippen molar-refractivity contribution in [2.24, 2.45) is 0 Å². The summed E-state index contributed by atoms with van der Waals surface area (Å²) in [5.41, 5.74) is 1.97. The summed E-state index contributed by atoms with van der Waals surface area (Å²) in [4.78, 5) is 31.3. The van der Waals surface area contributed by atoms with E-state index < -0.39 is 0 Å². The van der Waals surface area contributed by atoms with Gasteiger partial charge in [0.1, 0.15) is 23.4 Å². The second-order valence-corrected chi connectivity index (χ2v) is 12.0. The monoisotopic (exact) mass is 570 g/mol. The third-order valence-corrected chi connectivity index (χ3v) is 9.15. The Bertz CT molecular complexity index is 1530. The van der Waals surface area contributed by atoms with Crippen LogP contribution in [0.5, 0.6) is 17.2 Å². The van der Waals surface area contributed by atoms with Gasteiger partial charge in [-0.3, -0.25) is 14.5 Å². The zero-order valence-electron chi connectivity index (χ0n) is 22.9. The number of benzene rings is 3. The molecule has 6 rings (SSSR count). The van der Waals surface area contributed by atoms with Crippen LogP contribution in [0.1, 0.15) is 48.0 Å². The van der Waals surface area contributed by atoms with Gasteiger partial charge < -0.3 is 19.8 Å². The zero-order chi connectivity index (χ0) is 28.3. The van der Waals surface area contributed by atoms with Crippen molar-refractivity contribution in [2.45, 2.75) is 38.2 Å². The maximum atomic E-state index is 13.8. The van der Waals surface area contributed by atoms with Gasteiger partial charge in [0.2, 0.25) is 5.91 Å². The van der Waals surface area contributed by atoms with Crippen molar-refractivity contribution in [2.75, 3.05) is 32.7 Å². The maximum absolute atomic E-state index is 13.8. The van der Waals surface area contributed by atoms with Crippen LogP contribution >= 0.6 is 11.3 Å². The molecule has 2 aliphatic heterocycles. The van der Waals surface area contributed by atoms with E-state index in [9.17, 15) is 19.8 Å². The molecule has 3 heterocycles. The average molecular weight is 571 g/mol. The van der Waals surface area contributed by atoms with Gasteiger partial charge in [-0.1, -0.05) is 0 Å². The van der Waals surface area contributed by atoms with E-state index in [1.807, 2.05) is 17.0 Å². The number of rotatable bonds is 9. The summed E-state index contributed by atoms with van der Waals surface area (Å²) < 4.78 is 6.96. The fraction of sp³-hybridized carbons (Fsp3) is 0.333. The van der Waals surface area contributed by atoms with Gasteiger partial charge in [-0.2, -0.15) is 0 Å². The van der Waals surface area contributed by atoms with Gasteiger partial charge in [-0.05, 0) is 105 Å². The number of amides is 1.